The maximum atomic E-state index is 11.2. The van der Waals surface area contributed by atoms with E-state index in [-0.39, 0.29) is 12.0 Å². The molecule has 0 aliphatic carbocycles. The minimum Gasteiger partial charge on any atom is -0.468 e. The molecule has 0 radical (unpaired) electrons. The summed E-state index contributed by atoms with van der Waals surface area (Å²) in [6.45, 7) is 2.38. The van der Waals surface area contributed by atoms with Gasteiger partial charge in [-0.25, -0.2) is 4.98 Å². The molecule has 0 bridgehead atoms. The van der Waals surface area contributed by atoms with Crippen molar-refractivity contribution in [3.05, 3.63) is 30.1 Å². The maximum absolute atomic E-state index is 11.2. The molecule has 0 unspecified atom stereocenters. The van der Waals surface area contributed by atoms with Crippen molar-refractivity contribution < 1.29 is 9.53 Å². The van der Waals surface area contributed by atoms with Crippen molar-refractivity contribution in [2.24, 2.45) is 0 Å². The molecular weight excluding hydrogens is 218 g/mol. The smallest absolute Gasteiger partial charge is 0.322 e. The van der Waals surface area contributed by atoms with E-state index < -0.39 is 0 Å². The summed E-state index contributed by atoms with van der Waals surface area (Å²) in [5.74, 6) is -0.261. The highest BCUT2D eigenvalue weighted by molar-refractivity contribution is 5.79. The zero-order valence-corrected chi connectivity index (χ0v) is 9.86. The predicted octanol–water partition coefficient (Wildman–Crippen LogP) is 1.21. The lowest BCUT2D eigenvalue weighted by atomic mass is 10.2. The number of nitrogens with one attached hydrogen (secondary N) is 2. The summed E-state index contributed by atoms with van der Waals surface area (Å²) >= 11 is 0. The third-order valence-electron chi connectivity index (χ3n) is 2.69. The van der Waals surface area contributed by atoms with Gasteiger partial charge in [0, 0.05) is 24.3 Å². The number of H-pyrrole nitrogens is 1. The molecule has 1 atom stereocenters. The quantitative estimate of drug-likeness (QED) is 0.779. The number of aromatic amines is 1. The van der Waals surface area contributed by atoms with Crippen LogP contribution in [0.15, 0.2) is 24.5 Å². The van der Waals surface area contributed by atoms with Crippen LogP contribution in [0.3, 0.4) is 0 Å². The number of hydrogen-bond acceptors (Lipinski definition) is 4. The fourth-order valence-electron chi connectivity index (χ4n) is 1.68. The largest absolute Gasteiger partial charge is 0.468 e. The highest BCUT2D eigenvalue weighted by Crippen LogP contribution is 2.15. The van der Waals surface area contributed by atoms with Crippen molar-refractivity contribution in [1.29, 1.82) is 0 Å². The molecular formula is C12H15N3O2. The fraction of sp³-hybridized carbons (Fsp3) is 0.333. The number of esters is 1. The molecule has 2 heterocycles. The molecule has 0 saturated heterocycles. The van der Waals surface area contributed by atoms with Crippen LogP contribution in [0.2, 0.25) is 0 Å². The number of aromatic nitrogens is 2. The van der Waals surface area contributed by atoms with Crippen molar-refractivity contribution in [2.45, 2.75) is 19.5 Å². The van der Waals surface area contributed by atoms with Crippen molar-refractivity contribution in [3.63, 3.8) is 0 Å². The number of rotatable bonds is 4. The van der Waals surface area contributed by atoms with Crippen LogP contribution in [-0.4, -0.2) is 29.1 Å². The fourth-order valence-corrected chi connectivity index (χ4v) is 1.68. The number of carbonyl (C=O) groups excluding carboxylic acids is 1. The van der Waals surface area contributed by atoms with E-state index in [0.717, 1.165) is 16.6 Å². The molecule has 5 nitrogen and oxygen atoms in total. The molecule has 0 aromatic carbocycles. The van der Waals surface area contributed by atoms with Crippen LogP contribution >= 0.6 is 0 Å². The molecule has 5 heteroatoms. The minimum absolute atomic E-state index is 0.261. The molecule has 0 aliphatic rings. The molecule has 0 amide bonds. The Balaban J connectivity index is 2.07. The molecule has 2 aromatic rings. The number of pyridine rings is 1. The van der Waals surface area contributed by atoms with Crippen LogP contribution in [0.1, 0.15) is 12.5 Å². The molecule has 2 aromatic heterocycles. The van der Waals surface area contributed by atoms with Gasteiger partial charge in [0.2, 0.25) is 0 Å². The second-order valence-electron chi connectivity index (χ2n) is 3.84. The molecule has 2 rings (SSSR count). The van der Waals surface area contributed by atoms with Crippen LogP contribution in [0.4, 0.5) is 0 Å². The van der Waals surface area contributed by atoms with Crippen molar-refractivity contribution in [3.8, 4) is 0 Å². The van der Waals surface area contributed by atoms with Crippen molar-refractivity contribution >= 4 is 17.0 Å². The van der Waals surface area contributed by atoms with Gasteiger partial charge in [-0.3, -0.25) is 4.79 Å². The SMILES string of the molecule is COC(=O)[C@@H](C)NCc1c[nH]c2ncccc12. The Morgan fingerprint density at radius 2 is 2.47 bits per heavy atom. The summed E-state index contributed by atoms with van der Waals surface area (Å²) < 4.78 is 4.65. The number of methoxy groups -OCH3 is 1. The lowest BCUT2D eigenvalue weighted by Crippen LogP contribution is -2.34. The van der Waals surface area contributed by atoms with Crippen molar-refractivity contribution in [2.75, 3.05) is 7.11 Å². The average Bonchev–Trinajstić information content (AvgIpc) is 2.78. The minimum atomic E-state index is -0.318. The van der Waals surface area contributed by atoms with E-state index in [9.17, 15) is 4.79 Å². The van der Waals surface area contributed by atoms with Gasteiger partial charge in [0.15, 0.2) is 0 Å². The van der Waals surface area contributed by atoms with E-state index in [1.807, 2.05) is 18.3 Å². The lowest BCUT2D eigenvalue weighted by Gasteiger charge is -2.10. The van der Waals surface area contributed by atoms with Gasteiger partial charge in [0.25, 0.3) is 0 Å². The number of nitrogens with zero attached hydrogens (tertiary/aromatic N) is 1. The van der Waals surface area contributed by atoms with Crippen LogP contribution in [-0.2, 0) is 16.1 Å². The standard InChI is InChI=1S/C12H15N3O2/c1-8(12(16)17-2)14-6-9-7-15-11-10(9)4-3-5-13-11/h3-5,7-8,14H,6H2,1-2H3,(H,13,15)/t8-/m1/s1. The Morgan fingerprint density at radius 1 is 1.65 bits per heavy atom. The van der Waals surface area contributed by atoms with E-state index in [0.29, 0.717) is 6.54 Å². The molecule has 17 heavy (non-hydrogen) atoms. The summed E-state index contributed by atoms with van der Waals surface area (Å²) in [6.07, 6.45) is 3.64. The monoisotopic (exact) mass is 233 g/mol. The van der Waals surface area contributed by atoms with Gasteiger partial charge in [0.1, 0.15) is 11.7 Å². The van der Waals surface area contributed by atoms with Gasteiger partial charge in [0.05, 0.1) is 7.11 Å². The normalized spacial score (nSPS) is 12.6. The third-order valence-corrected chi connectivity index (χ3v) is 2.69. The zero-order chi connectivity index (χ0) is 12.3. The van der Waals surface area contributed by atoms with Crippen LogP contribution in [0, 0.1) is 0 Å². The Kier molecular flexibility index (Phi) is 3.39. The summed E-state index contributed by atoms with van der Waals surface area (Å²) in [4.78, 5) is 18.5. The zero-order valence-electron chi connectivity index (χ0n) is 9.86. The van der Waals surface area contributed by atoms with Crippen LogP contribution in [0.5, 0.6) is 0 Å². The first kappa shape index (κ1) is 11.6. The average molecular weight is 233 g/mol. The van der Waals surface area contributed by atoms with Crippen LogP contribution < -0.4 is 5.32 Å². The first-order chi connectivity index (χ1) is 8.22. The van der Waals surface area contributed by atoms with E-state index in [4.69, 9.17) is 0 Å². The van der Waals surface area contributed by atoms with Gasteiger partial charge in [-0.1, -0.05) is 0 Å². The van der Waals surface area contributed by atoms with Gasteiger partial charge in [-0.15, -0.1) is 0 Å². The number of fused-ring (bicyclic) bond motifs is 1. The second-order valence-corrected chi connectivity index (χ2v) is 3.84. The summed E-state index contributed by atoms with van der Waals surface area (Å²) in [7, 11) is 1.39. The summed E-state index contributed by atoms with van der Waals surface area (Å²) in [5, 5.41) is 4.17. The van der Waals surface area contributed by atoms with E-state index >= 15 is 0 Å². The Hall–Kier alpha value is -1.88. The van der Waals surface area contributed by atoms with Gasteiger partial charge in [-0.05, 0) is 24.6 Å². The lowest BCUT2D eigenvalue weighted by molar-refractivity contribution is -0.142. The topological polar surface area (TPSA) is 67.0 Å². The van der Waals surface area contributed by atoms with Crippen molar-refractivity contribution in [1.82, 2.24) is 15.3 Å². The highest BCUT2D eigenvalue weighted by atomic mass is 16.5. The van der Waals surface area contributed by atoms with Crippen LogP contribution in [0.25, 0.3) is 11.0 Å². The second kappa shape index (κ2) is 4.97. The summed E-state index contributed by atoms with van der Waals surface area (Å²) in [6, 6.07) is 3.57. The Morgan fingerprint density at radius 3 is 3.24 bits per heavy atom. The number of carbonyl (C=O) groups is 1. The molecule has 2 N–H and O–H groups in total. The predicted molar refractivity (Wildman–Crippen MR) is 64.4 cm³/mol. The van der Waals surface area contributed by atoms with E-state index in [1.165, 1.54) is 7.11 Å². The maximum Gasteiger partial charge on any atom is 0.322 e. The van der Waals surface area contributed by atoms with E-state index in [2.05, 4.69) is 20.0 Å². The molecule has 90 valence electrons. The Labute approximate surface area is 99.2 Å². The molecule has 0 fully saturated rings. The summed E-state index contributed by atoms with van der Waals surface area (Å²) in [5.41, 5.74) is 1.94. The molecule has 0 spiro atoms. The first-order valence-electron chi connectivity index (χ1n) is 5.44. The Bertz CT molecular complexity index is 521. The number of ether oxygens (including phenoxy) is 1. The molecule has 0 aliphatic heterocycles. The van der Waals surface area contributed by atoms with Gasteiger partial charge < -0.3 is 15.0 Å². The third kappa shape index (κ3) is 2.45. The number of hydrogen-bond donors (Lipinski definition) is 2. The van der Waals surface area contributed by atoms with Gasteiger partial charge >= 0.3 is 5.97 Å². The highest BCUT2D eigenvalue weighted by Gasteiger charge is 2.12. The first-order valence-corrected chi connectivity index (χ1v) is 5.44. The molecule has 0 saturated carbocycles. The van der Waals surface area contributed by atoms with Gasteiger partial charge in [-0.2, -0.15) is 0 Å². The van der Waals surface area contributed by atoms with E-state index in [1.54, 1.807) is 13.1 Å².